The van der Waals surface area contributed by atoms with E-state index in [9.17, 15) is 21.6 Å². The van der Waals surface area contributed by atoms with E-state index in [0.29, 0.717) is 17.1 Å². The summed E-state index contributed by atoms with van der Waals surface area (Å²) in [6, 6.07) is 11.0. The lowest BCUT2D eigenvalue weighted by atomic mass is 10.2. The van der Waals surface area contributed by atoms with Gasteiger partial charge in [0.15, 0.2) is 0 Å². The zero-order valence-corrected chi connectivity index (χ0v) is 13.0. The molecule has 0 saturated carbocycles. The SMILES string of the molecule is CCS(=O)(=O)Nc1ccc(Nc2ccc(C(F)(F)F)cc2)cc1. The zero-order valence-electron chi connectivity index (χ0n) is 12.2. The summed E-state index contributed by atoms with van der Waals surface area (Å²) in [6.07, 6.45) is -4.36. The van der Waals surface area contributed by atoms with E-state index in [1.54, 1.807) is 24.3 Å². The number of rotatable bonds is 5. The second-order valence-corrected chi connectivity index (χ2v) is 6.79. The van der Waals surface area contributed by atoms with Crippen LogP contribution in [0.4, 0.5) is 30.2 Å². The van der Waals surface area contributed by atoms with Crippen molar-refractivity contribution in [1.82, 2.24) is 0 Å². The lowest BCUT2D eigenvalue weighted by molar-refractivity contribution is -0.137. The Bertz CT molecular complexity index is 755. The van der Waals surface area contributed by atoms with E-state index in [2.05, 4.69) is 10.0 Å². The molecule has 124 valence electrons. The first-order valence-corrected chi connectivity index (χ1v) is 8.40. The number of sulfonamides is 1. The van der Waals surface area contributed by atoms with E-state index >= 15 is 0 Å². The van der Waals surface area contributed by atoms with Crippen LogP contribution in [0.25, 0.3) is 0 Å². The molecule has 0 bridgehead atoms. The van der Waals surface area contributed by atoms with Gasteiger partial charge in [-0.15, -0.1) is 0 Å². The molecular formula is C15H15F3N2O2S. The van der Waals surface area contributed by atoms with Gasteiger partial charge in [-0.05, 0) is 55.5 Å². The summed E-state index contributed by atoms with van der Waals surface area (Å²) >= 11 is 0. The summed E-state index contributed by atoms with van der Waals surface area (Å²) in [5, 5.41) is 2.94. The van der Waals surface area contributed by atoms with Crippen LogP contribution in [0.1, 0.15) is 12.5 Å². The fraction of sp³-hybridized carbons (Fsp3) is 0.200. The topological polar surface area (TPSA) is 58.2 Å². The molecule has 2 aromatic carbocycles. The molecule has 0 radical (unpaired) electrons. The van der Waals surface area contributed by atoms with Crippen LogP contribution in [-0.2, 0) is 16.2 Å². The summed E-state index contributed by atoms with van der Waals surface area (Å²) in [7, 11) is -3.34. The first kappa shape index (κ1) is 17.1. The minimum atomic E-state index is -4.36. The van der Waals surface area contributed by atoms with Gasteiger partial charge in [-0.3, -0.25) is 4.72 Å². The normalized spacial score (nSPS) is 12.0. The Morgan fingerprint density at radius 3 is 1.74 bits per heavy atom. The Morgan fingerprint density at radius 2 is 1.30 bits per heavy atom. The van der Waals surface area contributed by atoms with Crippen molar-refractivity contribution in [3.63, 3.8) is 0 Å². The molecule has 2 N–H and O–H groups in total. The van der Waals surface area contributed by atoms with E-state index in [1.165, 1.54) is 19.1 Å². The van der Waals surface area contributed by atoms with Crippen molar-refractivity contribution >= 4 is 27.1 Å². The first-order chi connectivity index (χ1) is 10.7. The highest BCUT2D eigenvalue weighted by Gasteiger charge is 2.29. The maximum Gasteiger partial charge on any atom is 0.416 e. The third-order valence-electron chi connectivity index (χ3n) is 3.04. The monoisotopic (exact) mass is 344 g/mol. The van der Waals surface area contributed by atoms with Crippen molar-refractivity contribution in [2.24, 2.45) is 0 Å². The third-order valence-corrected chi connectivity index (χ3v) is 4.35. The molecule has 0 aliphatic rings. The minimum absolute atomic E-state index is 0.0292. The Kier molecular flexibility index (Phi) is 4.84. The fourth-order valence-electron chi connectivity index (χ4n) is 1.78. The maximum atomic E-state index is 12.5. The van der Waals surface area contributed by atoms with Crippen molar-refractivity contribution in [2.75, 3.05) is 15.8 Å². The van der Waals surface area contributed by atoms with Gasteiger partial charge in [-0.1, -0.05) is 0 Å². The molecule has 0 aliphatic carbocycles. The van der Waals surface area contributed by atoms with Gasteiger partial charge in [0.1, 0.15) is 0 Å². The van der Waals surface area contributed by atoms with Crippen LogP contribution in [0, 0.1) is 0 Å². The van der Waals surface area contributed by atoms with Gasteiger partial charge in [-0.25, -0.2) is 8.42 Å². The third kappa shape index (κ3) is 4.88. The molecule has 0 aromatic heterocycles. The van der Waals surface area contributed by atoms with Crippen LogP contribution in [-0.4, -0.2) is 14.2 Å². The molecule has 0 amide bonds. The number of anilines is 3. The Balaban J connectivity index is 2.06. The molecule has 0 saturated heterocycles. The van der Waals surface area contributed by atoms with E-state index in [-0.39, 0.29) is 5.75 Å². The van der Waals surface area contributed by atoms with Crippen LogP contribution in [0.3, 0.4) is 0 Å². The van der Waals surface area contributed by atoms with E-state index in [0.717, 1.165) is 12.1 Å². The second-order valence-electron chi connectivity index (χ2n) is 4.78. The van der Waals surface area contributed by atoms with Crippen LogP contribution in [0.15, 0.2) is 48.5 Å². The Hall–Kier alpha value is -2.22. The number of nitrogens with one attached hydrogen (secondary N) is 2. The Labute approximate surface area is 132 Å². The first-order valence-electron chi connectivity index (χ1n) is 6.74. The van der Waals surface area contributed by atoms with Gasteiger partial charge in [0, 0.05) is 17.1 Å². The maximum absolute atomic E-state index is 12.5. The van der Waals surface area contributed by atoms with Gasteiger partial charge in [0.05, 0.1) is 11.3 Å². The summed E-state index contributed by atoms with van der Waals surface area (Å²) in [5.74, 6) is -0.0292. The number of hydrogen-bond acceptors (Lipinski definition) is 3. The van der Waals surface area contributed by atoms with Crippen LogP contribution in [0.2, 0.25) is 0 Å². The summed E-state index contributed by atoms with van der Waals surface area (Å²) < 4.78 is 62.7. The van der Waals surface area contributed by atoms with Crippen molar-refractivity contribution in [3.8, 4) is 0 Å². The van der Waals surface area contributed by atoms with Crippen molar-refractivity contribution in [3.05, 3.63) is 54.1 Å². The van der Waals surface area contributed by atoms with Crippen molar-refractivity contribution < 1.29 is 21.6 Å². The van der Waals surface area contributed by atoms with Gasteiger partial charge < -0.3 is 5.32 Å². The van der Waals surface area contributed by atoms with E-state index < -0.39 is 21.8 Å². The van der Waals surface area contributed by atoms with Gasteiger partial charge in [0.25, 0.3) is 0 Å². The molecule has 2 aromatic rings. The highest BCUT2D eigenvalue weighted by molar-refractivity contribution is 7.92. The van der Waals surface area contributed by atoms with Crippen LogP contribution >= 0.6 is 0 Å². The lowest BCUT2D eigenvalue weighted by Gasteiger charge is -2.11. The predicted molar refractivity (Wildman–Crippen MR) is 84.3 cm³/mol. The predicted octanol–water partition coefficient (Wildman–Crippen LogP) is 4.21. The highest BCUT2D eigenvalue weighted by atomic mass is 32.2. The quantitative estimate of drug-likeness (QED) is 0.854. The molecule has 8 heteroatoms. The summed E-state index contributed by atoms with van der Waals surface area (Å²) in [4.78, 5) is 0. The fourth-order valence-corrected chi connectivity index (χ4v) is 2.42. The molecule has 2 rings (SSSR count). The molecule has 4 nitrogen and oxygen atoms in total. The van der Waals surface area contributed by atoms with Gasteiger partial charge in [-0.2, -0.15) is 13.2 Å². The number of benzene rings is 2. The van der Waals surface area contributed by atoms with E-state index in [4.69, 9.17) is 0 Å². The van der Waals surface area contributed by atoms with Crippen LogP contribution in [0.5, 0.6) is 0 Å². The standard InChI is InChI=1S/C15H15F3N2O2S/c1-2-23(21,22)20-14-9-7-13(8-10-14)19-12-5-3-11(4-6-12)15(16,17)18/h3-10,19-20H,2H2,1H3. The number of hydrogen-bond donors (Lipinski definition) is 2. The number of alkyl halides is 3. The smallest absolute Gasteiger partial charge is 0.356 e. The molecule has 23 heavy (non-hydrogen) atoms. The second kappa shape index (κ2) is 6.49. The molecule has 0 atom stereocenters. The summed E-state index contributed by atoms with van der Waals surface area (Å²) in [6.45, 7) is 1.53. The largest absolute Gasteiger partial charge is 0.416 e. The Morgan fingerprint density at radius 1 is 0.870 bits per heavy atom. The minimum Gasteiger partial charge on any atom is -0.356 e. The van der Waals surface area contributed by atoms with Gasteiger partial charge >= 0.3 is 6.18 Å². The van der Waals surface area contributed by atoms with Gasteiger partial charge in [0.2, 0.25) is 10.0 Å². The lowest BCUT2D eigenvalue weighted by Crippen LogP contribution is -2.14. The van der Waals surface area contributed by atoms with E-state index in [1.807, 2.05) is 0 Å². The summed E-state index contributed by atoms with van der Waals surface area (Å²) in [5.41, 5.74) is 0.835. The molecule has 0 heterocycles. The van der Waals surface area contributed by atoms with Crippen LogP contribution < -0.4 is 10.0 Å². The molecule has 0 fully saturated rings. The average Bonchev–Trinajstić information content (AvgIpc) is 2.49. The molecule has 0 unspecified atom stereocenters. The van der Waals surface area contributed by atoms with Crippen molar-refractivity contribution in [1.29, 1.82) is 0 Å². The number of halogens is 3. The van der Waals surface area contributed by atoms with Crippen molar-refractivity contribution in [2.45, 2.75) is 13.1 Å². The molecule has 0 spiro atoms. The average molecular weight is 344 g/mol. The highest BCUT2D eigenvalue weighted by Crippen LogP contribution is 2.30. The molecular weight excluding hydrogens is 329 g/mol. The molecule has 0 aliphatic heterocycles. The zero-order chi connectivity index (χ0) is 17.1.